The van der Waals surface area contributed by atoms with Crippen molar-refractivity contribution < 1.29 is 9.78 Å². The number of allylic oxidation sites excluding steroid dienone is 4. The Bertz CT molecular complexity index is 255. The first kappa shape index (κ1) is 26.6. The van der Waals surface area contributed by atoms with Gasteiger partial charge in [0.25, 0.3) is 0 Å². The van der Waals surface area contributed by atoms with Crippen LogP contribution in [0.25, 0.3) is 0 Å². The predicted molar refractivity (Wildman–Crippen MR) is 113 cm³/mol. The molecule has 0 bridgehead atoms. The second-order valence-electron chi connectivity index (χ2n) is 6.53. The minimum absolute atomic E-state index is 0.715. The number of rotatable bonds is 17. The summed E-state index contributed by atoms with van der Waals surface area (Å²) in [6, 6.07) is 0. The Labute approximate surface area is 159 Å². The van der Waals surface area contributed by atoms with Crippen molar-refractivity contribution in [3.8, 4) is 0 Å². The van der Waals surface area contributed by atoms with E-state index in [1.54, 1.807) is 0 Å². The molecule has 0 unspecified atom stereocenters. The fourth-order valence-corrected chi connectivity index (χ4v) is 2.36. The molecule has 0 aromatic rings. The largest absolute Gasteiger partial charge is 0.240 e. The molecule has 0 rings (SSSR count). The third-order valence-corrected chi connectivity index (χ3v) is 3.98. The Balaban J connectivity index is 0. The van der Waals surface area contributed by atoms with Gasteiger partial charge in [-0.2, -0.15) is 0 Å². The van der Waals surface area contributed by atoms with E-state index in [1.807, 2.05) is 0 Å². The SMILES string of the molecule is CC/C=C/CCCCCCCC/C=C\CCCC.CCCCOOC. The zero-order chi connectivity index (χ0) is 18.8. The summed E-state index contributed by atoms with van der Waals surface area (Å²) in [7, 11) is 1.52. The quantitative estimate of drug-likeness (QED) is 0.113. The van der Waals surface area contributed by atoms with Crippen LogP contribution in [0.5, 0.6) is 0 Å². The summed E-state index contributed by atoms with van der Waals surface area (Å²) in [5.74, 6) is 0. The Morgan fingerprint density at radius 3 is 1.52 bits per heavy atom. The van der Waals surface area contributed by atoms with Gasteiger partial charge in [0, 0.05) is 0 Å². The van der Waals surface area contributed by atoms with Crippen molar-refractivity contribution in [3.05, 3.63) is 24.3 Å². The van der Waals surface area contributed by atoms with E-state index < -0.39 is 0 Å². The minimum atomic E-state index is 0.715. The molecule has 0 saturated carbocycles. The fourth-order valence-electron chi connectivity index (χ4n) is 2.36. The highest BCUT2D eigenvalue weighted by molar-refractivity contribution is 4.81. The lowest BCUT2D eigenvalue weighted by Gasteiger charge is -1.99. The molecule has 0 heterocycles. The Morgan fingerprint density at radius 1 is 0.560 bits per heavy atom. The molecular formula is C23H46O2. The first-order valence-corrected chi connectivity index (χ1v) is 10.8. The average Bonchev–Trinajstić information content (AvgIpc) is 2.63. The van der Waals surface area contributed by atoms with Crippen LogP contribution in [0.4, 0.5) is 0 Å². The minimum Gasteiger partial charge on any atom is -0.240 e. The van der Waals surface area contributed by atoms with Gasteiger partial charge in [0.15, 0.2) is 0 Å². The van der Waals surface area contributed by atoms with Gasteiger partial charge in [-0.25, -0.2) is 9.78 Å². The van der Waals surface area contributed by atoms with Crippen molar-refractivity contribution >= 4 is 0 Å². The molecule has 0 aliphatic rings. The molecule has 0 atom stereocenters. The van der Waals surface area contributed by atoms with Crippen molar-refractivity contribution in [2.45, 2.75) is 111 Å². The normalized spacial score (nSPS) is 11.2. The number of hydrogen-bond acceptors (Lipinski definition) is 2. The summed E-state index contributed by atoms with van der Waals surface area (Å²) < 4.78 is 0. The van der Waals surface area contributed by atoms with Gasteiger partial charge in [0.2, 0.25) is 0 Å². The van der Waals surface area contributed by atoms with Gasteiger partial charge < -0.3 is 0 Å². The standard InChI is InChI=1S/C18H34.C5H12O2/c1-3-5-7-9-11-13-15-17-18-16-14-12-10-8-6-4-2;1-3-4-5-7-6-2/h5,7,10,12H,3-4,6,8-9,11,13-18H2,1-2H3;3-5H2,1-2H3/b7-5+,12-10-;. The van der Waals surface area contributed by atoms with E-state index in [2.05, 4.69) is 54.9 Å². The van der Waals surface area contributed by atoms with Gasteiger partial charge in [-0.05, 0) is 44.9 Å². The topological polar surface area (TPSA) is 18.5 Å². The predicted octanol–water partition coefficient (Wildman–Crippen LogP) is 8.18. The lowest BCUT2D eigenvalue weighted by molar-refractivity contribution is -0.272. The molecule has 0 amide bonds. The molecule has 25 heavy (non-hydrogen) atoms. The van der Waals surface area contributed by atoms with E-state index in [4.69, 9.17) is 0 Å². The third kappa shape index (κ3) is 31.7. The molecule has 0 N–H and O–H groups in total. The molecule has 2 nitrogen and oxygen atoms in total. The van der Waals surface area contributed by atoms with Crippen molar-refractivity contribution in [1.82, 2.24) is 0 Å². The van der Waals surface area contributed by atoms with E-state index in [9.17, 15) is 0 Å². The van der Waals surface area contributed by atoms with E-state index in [1.165, 1.54) is 84.2 Å². The second kappa shape index (κ2) is 28.2. The van der Waals surface area contributed by atoms with Crippen LogP contribution in [-0.4, -0.2) is 13.7 Å². The molecule has 0 fully saturated rings. The first-order valence-electron chi connectivity index (χ1n) is 10.8. The molecule has 150 valence electrons. The number of unbranched alkanes of at least 4 members (excludes halogenated alkanes) is 10. The van der Waals surface area contributed by atoms with Crippen LogP contribution in [0.1, 0.15) is 111 Å². The van der Waals surface area contributed by atoms with Gasteiger partial charge in [0.05, 0.1) is 13.7 Å². The molecule has 0 aliphatic heterocycles. The highest BCUT2D eigenvalue weighted by Gasteiger charge is 1.90. The summed E-state index contributed by atoms with van der Waals surface area (Å²) in [5.41, 5.74) is 0. The second-order valence-corrected chi connectivity index (χ2v) is 6.53. The zero-order valence-electron chi connectivity index (χ0n) is 17.7. The van der Waals surface area contributed by atoms with Gasteiger partial charge in [-0.15, -0.1) is 0 Å². The number of hydrogen-bond donors (Lipinski definition) is 0. The van der Waals surface area contributed by atoms with Gasteiger partial charge in [-0.1, -0.05) is 90.0 Å². The van der Waals surface area contributed by atoms with Crippen LogP contribution in [0.3, 0.4) is 0 Å². The van der Waals surface area contributed by atoms with Crippen molar-refractivity contribution in [2.24, 2.45) is 0 Å². The molecular weight excluding hydrogens is 308 g/mol. The molecule has 0 aromatic carbocycles. The van der Waals surface area contributed by atoms with Crippen molar-refractivity contribution in [3.63, 3.8) is 0 Å². The maximum absolute atomic E-state index is 4.57. The summed E-state index contributed by atoms with van der Waals surface area (Å²) in [6.07, 6.45) is 27.8. The Morgan fingerprint density at radius 2 is 1.04 bits per heavy atom. The Hall–Kier alpha value is -0.600. The smallest absolute Gasteiger partial charge is 0.0822 e. The summed E-state index contributed by atoms with van der Waals surface area (Å²) >= 11 is 0. The van der Waals surface area contributed by atoms with Gasteiger partial charge in [-0.3, -0.25) is 0 Å². The van der Waals surface area contributed by atoms with E-state index in [0.717, 1.165) is 12.8 Å². The van der Waals surface area contributed by atoms with E-state index in [0.29, 0.717) is 6.61 Å². The van der Waals surface area contributed by atoms with Crippen molar-refractivity contribution in [1.29, 1.82) is 0 Å². The van der Waals surface area contributed by atoms with E-state index >= 15 is 0 Å². The summed E-state index contributed by atoms with van der Waals surface area (Å²) in [6.45, 7) is 7.28. The van der Waals surface area contributed by atoms with E-state index in [-0.39, 0.29) is 0 Å². The highest BCUT2D eigenvalue weighted by atomic mass is 17.2. The van der Waals surface area contributed by atoms with Crippen LogP contribution in [-0.2, 0) is 9.78 Å². The molecule has 0 saturated heterocycles. The van der Waals surface area contributed by atoms with Crippen molar-refractivity contribution in [2.75, 3.05) is 13.7 Å². The van der Waals surface area contributed by atoms with Crippen LogP contribution in [0, 0.1) is 0 Å². The lowest BCUT2D eigenvalue weighted by atomic mass is 10.1. The lowest BCUT2D eigenvalue weighted by Crippen LogP contribution is -1.90. The van der Waals surface area contributed by atoms with Gasteiger partial charge >= 0.3 is 0 Å². The maximum atomic E-state index is 4.57. The molecule has 0 spiro atoms. The van der Waals surface area contributed by atoms with Crippen LogP contribution in [0.2, 0.25) is 0 Å². The first-order chi connectivity index (χ1) is 12.3. The van der Waals surface area contributed by atoms with Crippen LogP contribution in [0.15, 0.2) is 24.3 Å². The van der Waals surface area contributed by atoms with Crippen LogP contribution >= 0.6 is 0 Å². The third-order valence-electron chi connectivity index (χ3n) is 3.98. The van der Waals surface area contributed by atoms with Gasteiger partial charge in [0.1, 0.15) is 0 Å². The molecule has 0 aromatic heterocycles. The average molecular weight is 355 g/mol. The summed E-state index contributed by atoms with van der Waals surface area (Å²) in [4.78, 5) is 8.92. The molecule has 0 aliphatic carbocycles. The molecule has 2 heteroatoms. The molecule has 0 radical (unpaired) electrons. The highest BCUT2D eigenvalue weighted by Crippen LogP contribution is 2.09. The monoisotopic (exact) mass is 354 g/mol. The zero-order valence-corrected chi connectivity index (χ0v) is 17.7. The maximum Gasteiger partial charge on any atom is 0.0822 e. The van der Waals surface area contributed by atoms with Crippen LogP contribution < -0.4 is 0 Å². The Kier molecular flexibility index (Phi) is 30.0. The summed E-state index contributed by atoms with van der Waals surface area (Å²) in [5, 5.41) is 0. The fraction of sp³-hybridized carbons (Fsp3) is 0.826.